The van der Waals surface area contributed by atoms with Crippen molar-refractivity contribution in [3.8, 4) is 5.82 Å². The van der Waals surface area contributed by atoms with Gasteiger partial charge in [-0.1, -0.05) is 12.1 Å². The van der Waals surface area contributed by atoms with Gasteiger partial charge in [0.1, 0.15) is 17.5 Å². The topological polar surface area (TPSA) is 117 Å². The van der Waals surface area contributed by atoms with Gasteiger partial charge < -0.3 is 10.3 Å². The summed E-state index contributed by atoms with van der Waals surface area (Å²) < 4.78 is 3.74. The second-order valence-corrected chi connectivity index (χ2v) is 7.42. The summed E-state index contributed by atoms with van der Waals surface area (Å²) in [6.07, 6.45) is 0.904. The molecule has 9 nitrogen and oxygen atoms in total. The van der Waals surface area contributed by atoms with E-state index in [-0.39, 0.29) is 17.7 Å². The molecule has 0 unspecified atom stereocenters. The van der Waals surface area contributed by atoms with Gasteiger partial charge in [0, 0.05) is 24.9 Å². The van der Waals surface area contributed by atoms with Crippen LogP contribution in [-0.4, -0.2) is 40.2 Å². The molecule has 9 heteroatoms. The van der Waals surface area contributed by atoms with Gasteiger partial charge in [-0.3, -0.25) is 4.79 Å². The fourth-order valence-electron chi connectivity index (χ4n) is 3.90. The lowest BCUT2D eigenvalue weighted by Gasteiger charge is -2.07. The molecule has 2 N–H and O–H groups in total. The Morgan fingerprint density at radius 3 is 2.59 bits per heavy atom. The lowest BCUT2D eigenvalue weighted by atomic mass is 10.2. The van der Waals surface area contributed by atoms with Gasteiger partial charge in [0.2, 0.25) is 5.82 Å². The largest absolute Gasteiger partial charge is 0.363 e. The normalized spacial score (nSPS) is 18.3. The molecule has 0 saturated heterocycles. The van der Waals surface area contributed by atoms with Crippen LogP contribution in [0, 0.1) is 13.8 Å². The summed E-state index contributed by atoms with van der Waals surface area (Å²) in [4.78, 5) is 29.7. The van der Waals surface area contributed by atoms with Crippen molar-refractivity contribution in [1.82, 2.24) is 34.3 Å². The summed E-state index contributed by atoms with van der Waals surface area (Å²) in [5, 5.41) is 4.37. The number of carbonyl (C=O) groups is 1. The first-order valence-corrected chi connectivity index (χ1v) is 9.43. The molecule has 146 valence electrons. The highest BCUT2D eigenvalue weighted by atomic mass is 16.1. The average molecular weight is 388 g/mol. The highest BCUT2D eigenvalue weighted by molar-refractivity contribution is 5.89. The van der Waals surface area contributed by atoms with Crippen molar-refractivity contribution in [2.75, 3.05) is 0 Å². The molecular formula is C20H20N8O. The van der Waals surface area contributed by atoms with E-state index in [1.165, 1.54) is 0 Å². The predicted molar refractivity (Wildman–Crippen MR) is 106 cm³/mol. The third-order valence-electron chi connectivity index (χ3n) is 5.37. The maximum Gasteiger partial charge on any atom is 0.286 e. The molecule has 1 aliphatic rings. The Kier molecular flexibility index (Phi) is 3.73. The second-order valence-electron chi connectivity index (χ2n) is 7.42. The minimum absolute atomic E-state index is 0.0132. The maximum atomic E-state index is 11.8. The summed E-state index contributed by atoms with van der Waals surface area (Å²) in [6.45, 7) is 3.65. The number of imidazole rings is 1. The third-order valence-corrected chi connectivity index (χ3v) is 5.37. The van der Waals surface area contributed by atoms with E-state index < -0.39 is 5.91 Å². The minimum atomic E-state index is -0.664. The van der Waals surface area contributed by atoms with E-state index in [4.69, 9.17) is 10.7 Å². The number of rotatable bonds is 4. The molecule has 29 heavy (non-hydrogen) atoms. The molecule has 0 aliphatic heterocycles. The van der Waals surface area contributed by atoms with Crippen molar-refractivity contribution in [3.05, 3.63) is 59.3 Å². The predicted octanol–water partition coefficient (Wildman–Crippen LogP) is 1.93. The number of primary amides is 1. The number of para-hydroxylation sites is 2. The zero-order chi connectivity index (χ0) is 20.3. The number of hydrogen-bond donors (Lipinski definition) is 1. The Hall–Kier alpha value is -3.62. The molecule has 5 rings (SSSR count). The van der Waals surface area contributed by atoms with Crippen molar-refractivity contribution in [1.29, 1.82) is 0 Å². The number of fused-ring (bicyclic) bond motifs is 1. The first-order chi connectivity index (χ1) is 13.9. The Morgan fingerprint density at radius 2 is 1.90 bits per heavy atom. The lowest BCUT2D eigenvalue weighted by molar-refractivity contribution is 0.0990. The highest BCUT2D eigenvalue weighted by Crippen LogP contribution is 2.54. The van der Waals surface area contributed by atoms with Gasteiger partial charge in [0.25, 0.3) is 5.91 Å². The maximum absolute atomic E-state index is 11.8. The van der Waals surface area contributed by atoms with E-state index in [0.717, 1.165) is 29.0 Å². The number of amides is 1. The SMILES string of the molecule is Cc1nc(C)n(-c2cc([C@H]3C[C@@H]3c3nc4ccccc4n3C)nc(C(N)=O)n2)n1. The van der Waals surface area contributed by atoms with Crippen LogP contribution in [0.25, 0.3) is 16.9 Å². The van der Waals surface area contributed by atoms with Crippen LogP contribution >= 0.6 is 0 Å². The van der Waals surface area contributed by atoms with Crippen molar-refractivity contribution in [2.24, 2.45) is 12.8 Å². The van der Waals surface area contributed by atoms with Crippen molar-refractivity contribution < 1.29 is 4.79 Å². The van der Waals surface area contributed by atoms with Crippen LogP contribution in [0.1, 0.15) is 52.0 Å². The first-order valence-electron chi connectivity index (χ1n) is 9.43. The van der Waals surface area contributed by atoms with Crippen LogP contribution < -0.4 is 5.73 Å². The molecular weight excluding hydrogens is 368 g/mol. The summed E-state index contributed by atoms with van der Waals surface area (Å²) >= 11 is 0. The Labute approximate surface area is 166 Å². The lowest BCUT2D eigenvalue weighted by Crippen LogP contribution is -2.18. The van der Waals surface area contributed by atoms with E-state index in [1.54, 1.807) is 4.68 Å². The van der Waals surface area contributed by atoms with Gasteiger partial charge >= 0.3 is 0 Å². The first kappa shape index (κ1) is 17.5. The van der Waals surface area contributed by atoms with Gasteiger partial charge in [-0.15, -0.1) is 5.10 Å². The molecule has 0 radical (unpaired) electrons. The highest BCUT2D eigenvalue weighted by Gasteiger charge is 2.44. The Morgan fingerprint density at radius 1 is 1.10 bits per heavy atom. The van der Waals surface area contributed by atoms with E-state index in [9.17, 15) is 4.79 Å². The van der Waals surface area contributed by atoms with Gasteiger partial charge in [0.15, 0.2) is 5.82 Å². The van der Waals surface area contributed by atoms with Crippen LogP contribution in [0.5, 0.6) is 0 Å². The summed E-state index contributed by atoms with van der Waals surface area (Å²) in [5.74, 6) is 2.54. The molecule has 3 heterocycles. The van der Waals surface area contributed by atoms with Crippen molar-refractivity contribution >= 4 is 16.9 Å². The monoisotopic (exact) mass is 388 g/mol. The van der Waals surface area contributed by atoms with Crippen LogP contribution in [0.4, 0.5) is 0 Å². The van der Waals surface area contributed by atoms with E-state index in [0.29, 0.717) is 17.5 Å². The molecule has 1 saturated carbocycles. The number of carbonyl (C=O) groups excluding carboxylic acids is 1. The third kappa shape index (κ3) is 2.86. The van der Waals surface area contributed by atoms with Crippen molar-refractivity contribution in [3.63, 3.8) is 0 Å². The van der Waals surface area contributed by atoms with Gasteiger partial charge in [-0.05, 0) is 32.4 Å². The standard InChI is InChI=1S/C20H20N8O/c1-10-22-11(2)28(26-10)17-9-15(23-19(25-17)18(21)29)12-8-13(12)20-24-14-6-4-5-7-16(14)27(20)3/h4-7,9,12-13H,8H2,1-3H3,(H2,21,29)/t12-,13-/m0/s1. The Balaban J connectivity index is 1.55. The quantitative estimate of drug-likeness (QED) is 0.571. The molecule has 4 aromatic rings. The van der Waals surface area contributed by atoms with Crippen LogP contribution in [0.15, 0.2) is 30.3 Å². The summed E-state index contributed by atoms with van der Waals surface area (Å²) in [7, 11) is 2.03. The molecule has 1 aliphatic carbocycles. The fraction of sp³-hybridized carbons (Fsp3) is 0.300. The van der Waals surface area contributed by atoms with E-state index >= 15 is 0 Å². The Bertz CT molecular complexity index is 1270. The smallest absolute Gasteiger partial charge is 0.286 e. The van der Waals surface area contributed by atoms with Crippen LogP contribution in [0.3, 0.4) is 0 Å². The van der Waals surface area contributed by atoms with E-state index in [1.807, 2.05) is 45.2 Å². The zero-order valence-corrected chi connectivity index (χ0v) is 16.4. The fourth-order valence-corrected chi connectivity index (χ4v) is 3.90. The molecule has 2 atom stereocenters. The molecule has 0 bridgehead atoms. The van der Waals surface area contributed by atoms with Crippen LogP contribution in [0.2, 0.25) is 0 Å². The number of hydrogen-bond acceptors (Lipinski definition) is 6. The molecule has 3 aromatic heterocycles. The molecule has 1 fully saturated rings. The number of benzene rings is 1. The van der Waals surface area contributed by atoms with E-state index in [2.05, 4.69) is 30.7 Å². The summed E-state index contributed by atoms with van der Waals surface area (Å²) in [6, 6.07) is 9.94. The van der Waals surface area contributed by atoms with Crippen LogP contribution in [-0.2, 0) is 7.05 Å². The summed E-state index contributed by atoms with van der Waals surface area (Å²) in [5.41, 5.74) is 8.34. The minimum Gasteiger partial charge on any atom is -0.363 e. The molecule has 1 amide bonds. The zero-order valence-electron chi connectivity index (χ0n) is 16.4. The van der Waals surface area contributed by atoms with Crippen molar-refractivity contribution in [2.45, 2.75) is 32.1 Å². The average Bonchev–Trinajstić information content (AvgIpc) is 3.33. The number of nitrogens with zero attached hydrogens (tertiary/aromatic N) is 7. The molecule has 0 spiro atoms. The number of nitrogens with two attached hydrogens (primary N) is 1. The number of aromatic nitrogens is 7. The molecule has 1 aromatic carbocycles. The van der Waals surface area contributed by atoms with Gasteiger partial charge in [0.05, 0.1) is 16.7 Å². The second kappa shape index (κ2) is 6.20. The van der Waals surface area contributed by atoms with Gasteiger partial charge in [-0.2, -0.15) is 4.68 Å². The van der Waals surface area contributed by atoms with Gasteiger partial charge in [-0.25, -0.2) is 19.9 Å². The number of aryl methyl sites for hydroxylation is 3.